The van der Waals surface area contributed by atoms with Crippen LogP contribution in [0, 0.1) is 0 Å². The van der Waals surface area contributed by atoms with Crippen LogP contribution in [0.4, 0.5) is 5.69 Å². The Morgan fingerprint density at radius 1 is 1.13 bits per heavy atom. The van der Waals surface area contributed by atoms with Gasteiger partial charge in [-0.25, -0.2) is 18.2 Å². The molecule has 2 aromatic carbocycles. The van der Waals surface area contributed by atoms with Gasteiger partial charge < -0.3 is 15.9 Å². The maximum absolute atomic E-state index is 12.2. The molecule has 0 unspecified atom stereocenters. The summed E-state index contributed by atoms with van der Waals surface area (Å²) in [6, 6.07) is 12.8. The van der Waals surface area contributed by atoms with Gasteiger partial charge in [0.15, 0.2) is 5.82 Å². The van der Waals surface area contributed by atoms with Gasteiger partial charge in [0.05, 0.1) is 17.3 Å². The van der Waals surface area contributed by atoms with Gasteiger partial charge in [0, 0.05) is 11.3 Å². The van der Waals surface area contributed by atoms with Crippen molar-refractivity contribution < 1.29 is 17.9 Å². The number of aromatic nitrogens is 3. The van der Waals surface area contributed by atoms with Gasteiger partial charge in [0.2, 0.25) is 21.1 Å². The zero-order valence-corrected chi connectivity index (χ0v) is 17.6. The number of nitrogens with one attached hydrogen (secondary N) is 1. The van der Waals surface area contributed by atoms with E-state index in [-0.39, 0.29) is 16.6 Å². The number of thioether (sulfide) groups is 1. The molecule has 1 amide bonds. The van der Waals surface area contributed by atoms with Crippen molar-refractivity contribution in [2.45, 2.75) is 17.0 Å². The van der Waals surface area contributed by atoms with Gasteiger partial charge in [-0.2, -0.15) is 0 Å². The largest absolute Gasteiger partial charge is 0.494 e. The number of carbonyl (C=O) groups excluding carboxylic acids is 1. The third-order valence-electron chi connectivity index (χ3n) is 3.89. The van der Waals surface area contributed by atoms with Gasteiger partial charge in [0.25, 0.3) is 0 Å². The Morgan fingerprint density at radius 2 is 1.80 bits per heavy atom. The molecule has 5 N–H and O–H groups in total. The Hall–Kier alpha value is -3.09. The Kier molecular flexibility index (Phi) is 6.59. The molecule has 0 radical (unpaired) electrons. The average Bonchev–Trinajstić information content (AvgIpc) is 3.07. The van der Waals surface area contributed by atoms with Gasteiger partial charge in [-0.05, 0) is 55.5 Å². The summed E-state index contributed by atoms with van der Waals surface area (Å²) in [4.78, 5) is 12.1. The van der Waals surface area contributed by atoms with E-state index in [0.29, 0.717) is 23.3 Å². The van der Waals surface area contributed by atoms with E-state index in [0.717, 1.165) is 23.1 Å². The molecule has 0 spiro atoms. The molecule has 1 aromatic heterocycles. The highest BCUT2D eigenvalue weighted by Crippen LogP contribution is 2.24. The first kappa shape index (κ1) is 21.6. The smallest absolute Gasteiger partial charge is 0.238 e. The Bertz CT molecular complexity index is 1130. The summed E-state index contributed by atoms with van der Waals surface area (Å²) in [6.07, 6.45) is 0. The molecule has 10 nitrogen and oxygen atoms in total. The van der Waals surface area contributed by atoms with E-state index in [1.165, 1.54) is 28.9 Å². The molecule has 1 heterocycles. The molecule has 12 heteroatoms. The number of nitrogens with zero attached hydrogens (tertiary/aromatic N) is 3. The molecule has 0 fully saturated rings. The predicted molar refractivity (Wildman–Crippen MR) is 114 cm³/mol. The summed E-state index contributed by atoms with van der Waals surface area (Å²) in [5.74, 6) is 6.99. The molecule has 3 rings (SSSR count). The number of sulfonamides is 1. The Labute approximate surface area is 177 Å². The van der Waals surface area contributed by atoms with Gasteiger partial charge in [-0.1, -0.05) is 11.8 Å². The maximum Gasteiger partial charge on any atom is 0.238 e. The molecule has 0 aliphatic carbocycles. The number of primary sulfonamides is 1. The molecule has 0 atom stereocenters. The standard InChI is InChI=1S/C18H20N6O4S2/c1-2-28-14-7-3-12(4-8-14)17-22-23-18(24(17)19)29-11-16(25)21-13-5-9-15(10-6-13)30(20,26)27/h3-10H,2,11,19H2,1H3,(H,21,25)(H2,20,26,27). The van der Waals surface area contributed by atoms with E-state index in [2.05, 4.69) is 15.5 Å². The van der Waals surface area contributed by atoms with E-state index >= 15 is 0 Å². The van der Waals surface area contributed by atoms with Crippen molar-refractivity contribution in [2.24, 2.45) is 5.14 Å². The summed E-state index contributed by atoms with van der Waals surface area (Å²) < 4.78 is 29.2. The van der Waals surface area contributed by atoms with Crippen LogP contribution in [0.15, 0.2) is 58.6 Å². The molecule has 0 bridgehead atoms. The first-order chi connectivity index (χ1) is 14.3. The molecular formula is C18H20N6O4S2. The van der Waals surface area contributed by atoms with E-state index < -0.39 is 10.0 Å². The third kappa shape index (κ3) is 5.28. The number of nitrogens with two attached hydrogens (primary N) is 2. The maximum atomic E-state index is 12.2. The van der Waals surface area contributed by atoms with Crippen LogP contribution in [-0.4, -0.2) is 41.6 Å². The summed E-state index contributed by atoms with van der Waals surface area (Å²) in [5, 5.41) is 16.2. The normalized spacial score (nSPS) is 11.3. The summed E-state index contributed by atoms with van der Waals surface area (Å²) in [6.45, 7) is 2.48. The van der Waals surface area contributed by atoms with Crippen molar-refractivity contribution in [3.05, 3.63) is 48.5 Å². The zero-order chi connectivity index (χ0) is 21.7. The highest BCUT2D eigenvalue weighted by molar-refractivity contribution is 7.99. The zero-order valence-electron chi connectivity index (χ0n) is 16.0. The second-order valence-electron chi connectivity index (χ2n) is 6.04. The molecular weight excluding hydrogens is 428 g/mol. The Morgan fingerprint density at radius 3 is 2.40 bits per heavy atom. The van der Waals surface area contributed by atoms with Gasteiger partial charge >= 0.3 is 0 Å². The first-order valence-corrected chi connectivity index (χ1v) is 11.3. The van der Waals surface area contributed by atoms with Crippen molar-refractivity contribution in [3.63, 3.8) is 0 Å². The molecule has 0 aliphatic heterocycles. The molecule has 158 valence electrons. The molecule has 30 heavy (non-hydrogen) atoms. The number of rotatable bonds is 8. The second-order valence-corrected chi connectivity index (χ2v) is 8.54. The summed E-state index contributed by atoms with van der Waals surface area (Å²) >= 11 is 1.12. The monoisotopic (exact) mass is 448 g/mol. The van der Waals surface area contributed by atoms with Crippen LogP contribution in [0.2, 0.25) is 0 Å². The number of hydrogen-bond donors (Lipinski definition) is 3. The SMILES string of the molecule is CCOc1ccc(-c2nnc(SCC(=O)Nc3ccc(S(N)(=O)=O)cc3)n2N)cc1. The fourth-order valence-electron chi connectivity index (χ4n) is 2.49. The summed E-state index contributed by atoms with van der Waals surface area (Å²) in [7, 11) is -3.78. The highest BCUT2D eigenvalue weighted by atomic mass is 32.2. The fourth-order valence-corrected chi connectivity index (χ4v) is 3.67. The lowest BCUT2D eigenvalue weighted by Gasteiger charge is -2.07. The topological polar surface area (TPSA) is 155 Å². The van der Waals surface area contributed by atoms with Gasteiger partial charge in [0.1, 0.15) is 5.75 Å². The van der Waals surface area contributed by atoms with Crippen LogP contribution in [0.1, 0.15) is 6.92 Å². The van der Waals surface area contributed by atoms with E-state index in [1.807, 2.05) is 31.2 Å². The van der Waals surface area contributed by atoms with Gasteiger partial charge in [-0.15, -0.1) is 10.2 Å². The lowest BCUT2D eigenvalue weighted by atomic mass is 10.2. The van der Waals surface area contributed by atoms with Gasteiger partial charge in [-0.3, -0.25) is 4.79 Å². The fraction of sp³-hybridized carbons (Fsp3) is 0.167. The number of nitrogen functional groups attached to an aromatic ring is 1. The predicted octanol–water partition coefficient (Wildman–Crippen LogP) is 1.44. The number of carbonyl (C=O) groups is 1. The number of ether oxygens (including phenoxy) is 1. The molecule has 0 saturated heterocycles. The van der Waals surface area contributed by atoms with Crippen molar-refractivity contribution in [3.8, 4) is 17.1 Å². The summed E-state index contributed by atoms with van der Waals surface area (Å²) in [5.41, 5.74) is 1.21. The first-order valence-electron chi connectivity index (χ1n) is 8.77. The van der Waals surface area contributed by atoms with Crippen LogP contribution in [0.5, 0.6) is 5.75 Å². The average molecular weight is 449 g/mol. The Balaban J connectivity index is 1.60. The van der Waals surface area contributed by atoms with Crippen LogP contribution in [0.3, 0.4) is 0 Å². The van der Waals surface area contributed by atoms with E-state index in [4.69, 9.17) is 15.7 Å². The van der Waals surface area contributed by atoms with Crippen LogP contribution < -0.4 is 21.0 Å². The van der Waals surface area contributed by atoms with Crippen molar-refractivity contribution in [1.82, 2.24) is 14.9 Å². The minimum Gasteiger partial charge on any atom is -0.494 e. The van der Waals surface area contributed by atoms with Crippen molar-refractivity contribution in [2.75, 3.05) is 23.5 Å². The molecule has 0 aliphatic rings. The minimum atomic E-state index is -3.78. The number of hydrogen-bond acceptors (Lipinski definition) is 8. The number of anilines is 1. The van der Waals surface area contributed by atoms with Crippen LogP contribution in [0.25, 0.3) is 11.4 Å². The minimum absolute atomic E-state index is 0.0343. The van der Waals surface area contributed by atoms with Crippen molar-refractivity contribution >= 4 is 33.4 Å². The lowest BCUT2D eigenvalue weighted by molar-refractivity contribution is -0.113. The third-order valence-corrected chi connectivity index (χ3v) is 5.76. The van der Waals surface area contributed by atoms with Crippen molar-refractivity contribution in [1.29, 1.82) is 0 Å². The van der Waals surface area contributed by atoms with E-state index in [1.54, 1.807) is 0 Å². The van der Waals surface area contributed by atoms with E-state index in [9.17, 15) is 13.2 Å². The quantitative estimate of drug-likeness (QED) is 0.345. The number of amides is 1. The highest BCUT2D eigenvalue weighted by Gasteiger charge is 2.14. The molecule has 0 saturated carbocycles. The lowest BCUT2D eigenvalue weighted by Crippen LogP contribution is -2.17. The van der Waals surface area contributed by atoms with Crippen LogP contribution in [-0.2, 0) is 14.8 Å². The van der Waals surface area contributed by atoms with Crippen LogP contribution >= 0.6 is 11.8 Å². The molecule has 3 aromatic rings. The second kappa shape index (κ2) is 9.15. The number of benzene rings is 2.